The van der Waals surface area contributed by atoms with Crippen molar-refractivity contribution in [2.45, 2.75) is 25.9 Å². The van der Waals surface area contributed by atoms with Crippen LogP contribution in [0.15, 0.2) is 16.6 Å². The normalized spacial score (nSPS) is 15.5. The molecular formula is C13H19BrN2O2. The van der Waals surface area contributed by atoms with Crippen LogP contribution in [0.25, 0.3) is 0 Å². The molecule has 100 valence electrons. The Balaban J connectivity index is 2.35. The van der Waals surface area contributed by atoms with E-state index in [1.807, 2.05) is 6.07 Å². The maximum absolute atomic E-state index is 5.91. The van der Waals surface area contributed by atoms with Crippen molar-refractivity contribution < 1.29 is 9.47 Å². The highest BCUT2D eigenvalue weighted by molar-refractivity contribution is 9.10. The van der Waals surface area contributed by atoms with E-state index in [2.05, 4.69) is 47.8 Å². The van der Waals surface area contributed by atoms with E-state index in [9.17, 15) is 0 Å². The number of rotatable bonds is 4. The van der Waals surface area contributed by atoms with Gasteiger partial charge in [-0.05, 0) is 54.5 Å². The summed E-state index contributed by atoms with van der Waals surface area (Å²) in [5, 5.41) is 0. The van der Waals surface area contributed by atoms with Crippen LogP contribution in [0.1, 0.15) is 25.5 Å². The molecule has 1 aliphatic heterocycles. The average molecular weight is 315 g/mol. The summed E-state index contributed by atoms with van der Waals surface area (Å²) in [5.74, 6) is 1.57. The lowest BCUT2D eigenvalue weighted by Gasteiger charge is -2.31. The maximum Gasteiger partial charge on any atom is 0.231 e. The molecule has 5 heteroatoms. The fourth-order valence-electron chi connectivity index (χ4n) is 2.08. The summed E-state index contributed by atoms with van der Waals surface area (Å²) < 4.78 is 11.8. The molecule has 0 aromatic heterocycles. The van der Waals surface area contributed by atoms with E-state index in [1.165, 1.54) is 0 Å². The number of benzene rings is 1. The van der Waals surface area contributed by atoms with Gasteiger partial charge < -0.3 is 15.2 Å². The fourth-order valence-corrected chi connectivity index (χ4v) is 2.65. The third-order valence-corrected chi connectivity index (χ3v) is 3.95. The quantitative estimate of drug-likeness (QED) is 0.927. The molecule has 1 aromatic carbocycles. The zero-order valence-electron chi connectivity index (χ0n) is 10.9. The van der Waals surface area contributed by atoms with Crippen molar-refractivity contribution in [3.8, 4) is 11.5 Å². The van der Waals surface area contributed by atoms with Gasteiger partial charge in [-0.25, -0.2) is 0 Å². The van der Waals surface area contributed by atoms with Crippen molar-refractivity contribution in [3.05, 3.63) is 22.2 Å². The molecule has 1 unspecified atom stereocenters. The molecule has 0 bridgehead atoms. The van der Waals surface area contributed by atoms with Crippen LogP contribution in [0.5, 0.6) is 11.5 Å². The summed E-state index contributed by atoms with van der Waals surface area (Å²) in [6, 6.07) is 4.69. The lowest BCUT2D eigenvalue weighted by atomic mass is 10.0. The first-order valence-electron chi connectivity index (χ1n) is 6.05. The highest BCUT2D eigenvalue weighted by Crippen LogP contribution is 2.41. The van der Waals surface area contributed by atoms with Crippen LogP contribution in [-0.4, -0.2) is 31.3 Å². The lowest BCUT2D eigenvalue weighted by molar-refractivity contribution is 0.173. The molecule has 0 saturated carbocycles. The van der Waals surface area contributed by atoms with Gasteiger partial charge >= 0.3 is 0 Å². The van der Waals surface area contributed by atoms with Crippen molar-refractivity contribution in [2.24, 2.45) is 5.73 Å². The first-order chi connectivity index (χ1) is 8.54. The van der Waals surface area contributed by atoms with Crippen molar-refractivity contribution in [2.75, 3.05) is 20.4 Å². The molecule has 1 atom stereocenters. The van der Waals surface area contributed by atoms with Gasteiger partial charge in [0.2, 0.25) is 6.79 Å². The minimum atomic E-state index is 0.177. The summed E-state index contributed by atoms with van der Waals surface area (Å²) >= 11 is 3.52. The Morgan fingerprint density at radius 3 is 2.72 bits per heavy atom. The molecule has 0 radical (unpaired) electrons. The molecule has 0 amide bonds. The summed E-state index contributed by atoms with van der Waals surface area (Å²) in [6.07, 6.45) is 0. The molecular weight excluding hydrogens is 296 g/mol. The highest BCUT2D eigenvalue weighted by Gasteiger charge is 2.23. The third kappa shape index (κ3) is 2.48. The van der Waals surface area contributed by atoms with Gasteiger partial charge in [0, 0.05) is 18.6 Å². The van der Waals surface area contributed by atoms with Crippen LogP contribution in [-0.2, 0) is 0 Å². The number of hydrogen-bond donors (Lipinski definition) is 1. The van der Waals surface area contributed by atoms with Crippen LogP contribution in [0, 0.1) is 0 Å². The second-order valence-electron chi connectivity index (χ2n) is 4.75. The van der Waals surface area contributed by atoms with Gasteiger partial charge in [-0.2, -0.15) is 0 Å². The average Bonchev–Trinajstić information content (AvgIpc) is 2.78. The molecule has 1 aliphatic rings. The van der Waals surface area contributed by atoms with Gasteiger partial charge in [0.25, 0.3) is 0 Å². The molecule has 1 heterocycles. The largest absolute Gasteiger partial charge is 0.454 e. The van der Waals surface area contributed by atoms with Crippen molar-refractivity contribution in [3.63, 3.8) is 0 Å². The number of nitrogens with zero attached hydrogens (tertiary/aromatic N) is 1. The van der Waals surface area contributed by atoms with E-state index in [0.29, 0.717) is 12.6 Å². The molecule has 0 spiro atoms. The van der Waals surface area contributed by atoms with Crippen LogP contribution >= 0.6 is 15.9 Å². The van der Waals surface area contributed by atoms with E-state index >= 15 is 0 Å². The van der Waals surface area contributed by atoms with Gasteiger partial charge in [0.15, 0.2) is 11.5 Å². The minimum absolute atomic E-state index is 0.177. The number of ether oxygens (including phenoxy) is 2. The minimum Gasteiger partial charge on any atom is -0.454 e. The highest BCUT2D eigenvalue weighted by atomic mass is 79.9. The second kappa shape index (κ2) is 5.47. The molecule has 0 fully saturated rings. The number of hydrogen-bond acceptors (Lipinski definition) is 4. The Bertz CT molecular complexity index is 437. The summed E-state index contributed by atoms with van der Waals surface area (Å²) in [6.45, 7) is 5.17. The fraction of sp³-hybridized carbons (Fsp3) is 0.538. The van der Waals surface area contributed by atoms with Gasteiger partial charge in [0.1, 0.15) is 0 Å². The standard InChI is InChI=1S/C13H19BrN2O2/c1-8(2)16(3)11(6-15)9-4-10(14)13-12(5-9)17-7-18-13/h4-5,8,11H,6-7,15H2,1-3H3. The smallest absolute Gasteiger partial charge is 0.231 e. The van der Waals surface area contributed by atoms with Crippen LogP contribution in [0.2, 0.25) is 0 Å². The summed E-state index contributed by atoms with van der Waals surface area (Å²) in [4.78, 5) is 2.25. The zero-order chi connectivity index (χ0) is 13.3. The molecule has 0 saturated heterocycles. The predicted octanol–water partition coefficient (Wildman–Crippen LogP) is 2.52. The van der Waals surface area contributed by atoms with Gasteiger partial charge in [-0.1, -0.05) is 0 Å². The second-order valence-corrected chi connectivity index (χ2v) is 5.60. The van der Waals surface area contributed by atoms with E-state index in [4.69, 9.17) is 15.2 Å². The first kappa shape index (κ1) is 13.6. The van der Waals surface area contributed by atoms with E-state index < -0.39 is 0 Å². The Morgan fingerprint density at radius 2 is 2.11 bits per heavy atom. The SMILES string of the molecule is CC(C)N(C)C(CN)c1cc(Br)c2c(c1)OCO2. The molecule has 18 heavy (non-hydrogen) atoms. The van der Waals surface area contributed by atoms with E-state index in [-0.39, 0.29) is 12.8 Å². The summed E-state index contributed by atoms with van der Waals surface area (Å²) in [7, 11) is 2.08. The maximum atomic E-state index is 5.91. The molecule has 2 rings (SSSR count). The number of halogens is 1. The van der Waals surface area contributed by atoms with Gasteiger partial charge in [-0.15, -0.1) is 0 Å². The Hall–Kier alpha value is -0.780. The first-order valence-corrected chi connectivity index (χ1v) is 6.85. The van der Waals surface area contributed by atoms with Crippen LogP contribution in [0.3, 0.4) is 0 Å². The lowest BCUT2D eigenvalue weighted by Crippen LogP contribution is -2.35. The van der Waals surface area contributed by atoms with Crippen molar-refractivity contribution in [1.29, 1.82) is 0 Å². The van der Waals surface area contributed by atoms with Crippen molar-refractivity contribution in [1.82, 2.24) is 4.90 Å². The Kier molecular flexibility index (Phi) is 4.14. The number of likely N-dealkylation sites (N-methyl/N-ethyl adjacent to an activating group) is 1. The molecule has 1 aromatic rings. The monoisotopic (exact) mass is 314 g/mol. The number of nitrogens with two attached hydrogens (primary N) is 1. The third-order valence-electron chi connectivity index (χ3n) is 3.36. The predicted molar refractivity (Wildman–Crippen MR) is 75.0 cm³/mol. The molecule has 2 N–H and O–H groups in total. The van der Waals surface area contributed by atoms with Crippen molar-refractivity contribution >= 4 is 15.9 Å². The van der Waals surface area contributed by atoms with Gasteiger partial charge in [-0.3, -0.25) is 4.90 Å². The Labute approximate surface area is 116 Å². The topological polar surface area (TPSA) is 47.7 Å². The van der Waals surface area contributed by atoms with Crippen LogP contribution < -0.4 is 15.2 Å². The van der Waals surface area contributed by atoms with Gasteiger partial charge in [0.05, 0.1) is 4.47 Å². The number of fused-ring (bicyclic) bond motifs is 1. The zero-order valence-corrected chi connectivity index (χ0v) is 12.5. The molecule has 0 aliphatic carbocycles. The van der Waals surface area contributed by atoms with E-state index in [0.717, 1.165) is 21.5 Å². The Morgan fingerprint density at radius 1 is 1.39 bits per heavy atom. The van der Waals surface area contributed by atoms with Crippen LogP contribution in [0.4, 0.5) is 0 Å². The van der Waals surface area contributed by atoms with E-state index in [1.54, 1.807) is 0 Å². The summed E-state index contributed by atoms with van der Waals surface area (Å²) in [5.41, 5.74) is 7.05. The molecule has 4 nitrogen and oxygen atoms in total.